The molecule has 4 rings (SSSR count). The van der Waals surface area contributed by atoms with Gasteiger partial charge in [-0.1, -0.05) is 11.6 Å². The van der Waals surface area contributed by atoms with E-state index in [0.29, 0.717) is 34.9 Å². The molecule has 3 aromatic rings. The normalized spacial score (nSPS) is 15.7. The number of hydrogen-bond acceptors (Lipinski definition) is 7. The van der Waals surface area contributed by atoms with E-state index in [1.807, 2.05) is 25.1 Å². The molecule has 3 heterocycles. The Morgan fingerprint density at radius 2 is 2.07 bits per heavy atom. The largest absolute Gasteiger partial charge is 0.350 e. The van der Waals surface area contributed by atoms with Gasteiger partial charge in [-0.25, -0.2) is 9.97 Å². The maximum atomic E-state index is 12.8. The minimum Gasteiger partial charge on any atom is -0.350 e. The van der Waals surface area contributed by atoms with Gasteiger partial charge >= 0.3 is 0 Å². The molecule has 1 aromatic carbocycles. The zero-order chi connectivity index (χ0) is 20.9. The van der Waals surface area contributed by atoms with Gasteiger partial charge in [0.25, 0.3) is 5.91 Å². The van der Waals surface area contributed by atoms with E-state index in [-0.39, 0.29) is 11.6 Å². The highest BCUT2D eigenvalue weighted by atomic mass is 35.5. The minimum atomic E-state index is -0.270. The Hall–Kier alpha value is -3.17. The summed E-state index contributed by atoms with van der Waals surface area (Å²) in [6.07, 6.45) is 2.57. The van der Waals surface area contributed by atoms with Crippen molar-refractivity contribution >= 4 is 40.6 Å². The molecule has 0 saturated carbocycles. The van der Waals surface area contributed by atoms with E-state index in [2.05, 4.69) is 41.4 Å². The zero-order valence-electron chi connectivity index (χ0n) is 16.5. The average Bonchev–Trinajstić information content (AvgIpc) is 3.40. The highest BCUT2D eigenvalue weighted by Gasteiger charge is 2.20. The van der Waals surface area contributed by atoms with E-state index in [0.717, 1.165) is 30.9 Å². The molecule has 0 aliphatic carbocycles. The van der Waals surface area contributed by atoms with Gasteiger partial charge in [0.05, 0.1) is 6.20 Å². The van der Waals surface area contributed by atoms with Crippen molar-refractivity contribution in [2.45, 2.75) is 13.3 Å². The Kier molecular flexibility index (Phi) is 6.10. The summed E-state index contributed by atoms with van der Waals surface area (Å²) in [5.74, 6) is 1.59. The molecule has 1 aliphatic heterocycles. The van der Waals surface area contributed by atoms with Crippen LogP contribution in [0.2, 0.25) is 5.02 Å². The predicted molar refractivity (Wildman–Crippen MR) is 117 cm³/mol. The Morgan fingerprint density at radius 1 is 1.23 bits per heavy atom. The van der Waals surface area contributed by atoms with Crippen LogP contribution in [0.3, 0.4) is 0 Å². The Labute approximate surface area is 179 Å². The predicted octanol–water partition coefficient (Wildman–Crippen LogP) is 2.99. The van der Waals surface area contributed by atoms with Gasteiger partial charge in [0.15, 0.2) is 23.1 Å². The van der Waals surface area contributed by atoms with Crippen LogP contribution in [-0.4, -0.2) is 45.7 Å². The quantitative estimate of drug-likeness (QED) is 0.394. The lowest BCUT2D eigenvalue weighted by molar-refractivity contribution is 0.0944. The molecule has 0 spiro atoms. The number of aromatic amines is 1. The number of H-pyrrole nitrogens is 1. The number of aryl methyl sites for hydroxylation is 1. The molecular formula is C20H23ClN8O. The van der Waals surface area contributed by atoms with Crippen LogP contribution in [0.1, 0.15) is 22.6 Å². The third kappa shape index (κ3) is 5.05. The molecule has 2 aromatic heterocycles. The zero-order valence-corrected chi connectivity index (χ0v) is 17.3. The van der Waals surface area contributed by atoms with Crippen LogP contribution in [0.5, 0.6) is 0 Å². The van der Waals surface area contributed by atoms with Gasteiger partial charge in [0, 0.05) is 29.0 Å². The van der Waals surface area contributed by atoms with Crippen molar-refractivity contribution < 1.29 is 4.79 Å². The molecule has 0 bridgehead atoms. The summed E-state index contributed by atoms with van der Waals surface area (Å²) in [7, 11) is 0. The number of hydrogen-bond donors (Lipinski definition) is 5. The molecule has 1 saturated heterocycles. The van der Waals surface area contributed by atoms with Gasteiger partial charge in [-0.3, -0.25) is 9.89 Å². The number of amides is 1. The molecule has 9 nitrogen and oxygen atoms in total. The molecule has 156 valence electrons. The van der Waals surface area contributed by atoms with Crippen molar-refractivity contribution in [1.82, 2.24) is 30.8 Å². The molecule has 10 heteroatoms. The molecular weight excluding hydrogens is 404 g/mol. The van der Waals surface area contributed by atoms with Crippen LogP contribution in [0, 0.1) is 12.8 Å². The maximum absolute atomic E-state index is 12.8. The number of carbonyl (C=O) groups is 1. The summed E-state index contributed by atoms with van der Waals surface area (Å²) >= 11 is 5.97. The third-order valence-corrected chi connectivity index (χ3v) is 5.02. The number of halogens is 1. The van der Waals surface area contributed by atoms with E-state index in [1.54, 1.807) is 12.1 Å². The fourth-order valence-corrected chi connectivity index (χ4v) is 3.32. The fourth-order valence-electron chi connectivity index (χ4n) is 3.20. The monoisotopic (exact) mass is 426 g/mol. The summed E-state index contributed by atoms with van der Waals surface area (Å²) in [6.45, 7) is 4.40. The van der Waals surface area contributed by atoms with Crippen LogP contribution < -0.4 is 21.3 Å². The van der Waals surface area contributed by atoms with Crippen molar-refractivity contribution in [3.05, 3.63) is 52.9 Å². The van der Waals surface area contributed by atoms with Gasteiger partial charge in [-0.15, -0.1) is 0 Å². The van der Waals surface area contributed by atoms with Crippen LogP contribution in [0.4, 0.5) is 23.1 Å². The van der Waals surface area contributed by atoms with Gasteiger partial charge in [0.2, 0.25) is 0 Å². The topological polar surface area (TPSA) is 120 Å². The second-order valence-electron chi connectivity index (χ2n) is 7.21. The molecule has 5 N–H and O–H groups in total. The van der Waals surface area contributed by atoms with Gasteiger partial charge in [-0.05, 0) is 56.6 Å². The fraction of sp³-hybridized carbons (Fsp3) is 0.300. The van der Waals surface area contributed by atoms with Gasteiger partial charge in [0.1, 0.15) is 0 Å². The van der Waals surface area contributed by atoms with Crippen molar-refractivity contribution in [3.63, 3.8) is 0 Å². The van der Waals surface area contributed by atoms with Crippen LogP contribution in [0.25, 0.3) is 0 Å². The lowest BCUT2D eigenvalue weighted by Gasteiger charge is -2.14. The number of benzene rings is 1. The van der Waals surface area contributed by atoms with Crippen LogP contribution >= 0.6 is 11.6 Å². The van der Waals surface area contributed by atoms with Gasteiger partial charge in [-0.2, -0.15) is 5.10 Å². The third-order valence-electron chi connectivity index (χ3n) is 4.77. The first-order valence-electron chi connectivity index (χ1n) is 9.74. The van der Waals surface area contributed by atoms with Crippen molar-refractivity contribution in [2.75, 3.05) is 30.3 Å². The second-order valence-corrected chi connectivity index (χ2v) is 7.65. The first-order chi connectivity index (χ1) is 14.6. The molecule has 30 heavy (non-hydrogen) atoms. The van der Waals surface area contributed by atoms with E-state index in [1.165, 1.54) is 6.20 Å². The molecule has 1 fully saturated rings. The molecule has 0 radical (unpaired) electrons. The molecule has 1 amide bonds. The first kappa shape index (κ1) is 20.1. The number of nitrogens with zero attached hydrogens (tertiary/aromatic N) is 3. The van der Waals surface area contributed by atoms with Crippen LogP contribution in [0.15, 0.2) is 36.5 Å². The summed E-state index contributed by atoms with van der Waals surface area (Å²) in [4.78, 5) is 21.7. The highest BCUT2D eigenvalue weighted by molar-refractivity contribution is 6.30. The number of anilines is 4. The van der Waals surface area contributed by atoms with E-state index in [9.17, 15) is 4.79 Å². The van der Waals surface area contributed by atoms with E-state index >= 15 is 0 Å². The summed E-state index contributed by atoms with van der Waals surface area (Å²) < 4.78 is 0. The Bertz CT molecular complexity index is 1010. The van der Waals surface area contributed by atoms with Crippen molar-refractivity contribution in [2.24, 2.45) is 5.92 Å². The van der Waals surface area contributed by atoms with E-state index in [4.69, 9.17) is 11.6 Å². The Morgan fingerprint density at radius 3 is 2.77 bits per heavy atom. The maximum Gasteiger partial charge on any atom is 0.273 e. The molecule has 1 unspecified atom stereocenters. The van der Waals surface area contributed by atoms with Gasteiger partial charge < -0.3 is 21.3 Å². The second kappa shape index (κ2) is 9.10. The molecule has 1 atom stereocenters. The first-order valence-corrected chi connectivity index (χ1v) is 10.1. The standard InChI is InChI=1S/C20H23ClN8O/c1-12-8-16(29-28-12)26-17-11-23-18(20(30)24-10-13-6-7-22-9-13)19(27-17)25-15-4-2-14(21)3-5-15/h2-5,8,11,13,22H,6-7,9-10H2,1H3,(H,24,30)(H3,25,26,27,28,29). The number of nitrogens with one attached hydrogen (secondary N) is 5. The number of rotatable bonds is 7. The average molecular weight is 427 g/mol. The number of carbonyl (C=O) groups excluding carboxylic acids is 1. The Balaban J connectivity index is 1.56. The lowest BCUT2D eigenvalue weighted by Crippen LogP contribution is -2.31. The summed E-state index contributed by atoms with van der Waals surface area (Å²) in [5.41, 5.74) is 1.89. The summed E-state index contributed by atoms with van der Waals surface area (Å²) in [6, 6.07) is 9.00. The minimum absolute atomic E-state index is 0.222. The van der Waals surface area contributed by atoms with Crippen molar-refractivity contribution in [3.8, 4) is 0 Å². The SMILES string of the molecule is Cc1cc(Nc2cnc(C(=O)NCC3CCNC3)c(Nc3ccc(Cl)cc3)n2)n[nH]1. The number of aromatic nitrogens is 4. The smallest absolute Gasteiger partial charge is 0.273 e. The van der Waals surface area contributed by atoms with Crippen molar-refractivity contribution in [1.29, 1.82) is 0 Å². The highest BCUT2D eigenvalue weighted by Crippen LogP contribution is 2.22. The molecule has 1 aliphatic rings. The van der Waals surface area contributed by atoms with Crippen LogP contribution in [-0.2, 0) is 0 Å². The summed E-state index contributed by atoms with van der Waals surface area (Å²) in [5, 5.41) is 20.1. The van der Waals surface area contributed by atoms with E-state index < -0.39 is 0 Å². The lowest BCUT2D eigenvalue weighted by atomic mass is 10.1.